The molecule has 2 heteroatoms. The predicted molar refractivity (Wildman–Crippen MR) is 110 cm³/mol. The molecule has 134 valence electrons. The van der Waals surface area contributed by atoms with E-state index in [0.29, 0.717) is 6.10 Å². The topological polar surface area (TPSA) is 9.23 Å². The lowest BCUT2D eigenvalue weighted by Crippen LogP contribution is -2.64. The standard InChI is InChI=1S/C24H28OSi/c1-2-26(22-9-5-3-6-10-22,23-11-7-4-8-12-23)25-24-20-14-18-13-19(16-20)17-21(24)15-18/h2-12,18-21,24H,1,13-17H2. The molecule has 4 fully saturated rings. The van der Waals surface area contributed by atoms with Crippen molar-refractivity contribution < 1.29 is 4.43 Å². The molecule has 0 amide bonds. The van der Waals surface area contributed by atoms with Gasteiger partial charge in [-0.1, -0.05) is 66.4 Å². The van der Waals surface area contributed by atoms with E-state index >= 15 is 0 Å². The molecule has 0 aromatic heterocycles. The third-order valence-electron chi connectivity index (χ3n) is 7.15. The Morgan fingerprint density at radius 3 is 1.62 bits per heavy atom. The minimum atomic E-state index is -2.42. The van der Waals surface area contributed by atoms with Gasteiger partial charge in [-0.25, -0.2) is 0 Å². The van der Waals surface area contributed by atoms with Gasteiger partial charge in [-0.15, -0.1) is 6.58 Å². The van der Waals surface area contributed by atoms with E-state index < -0.39 is 8.32 Å². The van der Waals surface area contributed by atoms with Crippen molar-refractivity contribution in [3.05, 3.63) is 72.9 Å². The van der Waals surface area contributed by atoms with Crippen LogP contribution in [0.4, 0.5) is 0 Å². The third kappa shape index (κ3) is 2.62. The summed E-state index contributed by atoms with van der Waals surface area (Å²) in [7, 11) is -2.42. The number of rotatable bonds is 5. The first-order valence-electron chi connectivity index (χ1n) is 10.2. The molecule has 2 aromatic carbocycles. The highest BCUT2D eigenvalue weighted by molar-refractivity contribution is 7.01. The fraction of sp³-hybridized carbons (Fsp3) is 0.417. The van der Waals surface area contributed by atoms with Gasteiger partial charge in [0.1, 0.15) is 0 Å². The first-order valence-corrected chi connectivity index (χ1v) is 12.2. The van der Waals surface area contributed by atoms with Gasteiger partial charge in [0.05, 0.1) is 6.10 Å². The third-order valence-corrected chi connectivity index (χ3v) is 10.8. The maximum Gasteiger partial charge on any atom is 0.280 e. The SMILES string of the molecule is C=C[Si](OC1C2CC3CC(C2)CC1C3)(c1ccccc1)c1ccccc1. The molecular formula is C24H28OSi. The molecule has 4 bridgehead atoms. The van der Waals surface area contributed by atoms with Crippen LogP contribution in [0.2, 0.25) is 0 Å². The van der Waals surface area contributed by atoms with Gasteiger partial charge >= 0.3 is 0 Å². The lowest BCUT2D eigenvalue weighted by molar-refractivity contribution is -0.0810. The van der Waals surface area contributed by atoms with Crippen LogP contribution >= 0.6 is 0 Å². The van der Waals surface area contributed by atoms with Gasteiger partial charge < -0.3 is 4.43 Å². The molecule has 0 heterocycles. The monoisotopic (exact) mass is 360 g/mol. The van der Waals surface area contributed by atoms with Gasteiger partial charge in [0.25, 0.3) is 8.32 Å². The largest absolute Gasteiger partial charge is 0.401 e. The van der Waals surface area contributed by atoms with E-state index in [-0.39, 0.29) is 0 Å². The minimum absolute atomic E-state index is 0.424. The van der Waals surface area contributed by atoms with Crippen LogP contribution in [0.25, 0.3) is 0 Å². The molecule has 4 saturated carbocycles. The van der Waals surface area contributed by atoms with E-state index in [9.17, 15) is 0 Å². The van der Waals surface area contributed by atoms with E-state index in [0.717, 1.165) is 23.7 Å². The highest BCUT2D eigenvalue weighted by Gasteiger charge is 2.52. The van der Waals surface area contributed by atoms with E-state index in [1.165, 1.54) is 42.5 Å². The van der Waals surface area contributed by atoms with E-state index in [4.69, 9.17) is 4.43 Å². The van der Waals surface area contributed by atoms with Gasteiger partial charge in [0.2, 0.25) is 0 Å². The summed E-state index contributed by atoms with van der Waals surface area (Å²) in [5, 5.41) is 2.66. The van der Waals surface area contributed by atoms with E-state index in [1.54, 1.807) is 0 Å². The highest BCUT2D eigenvalue weighted by atomic mass is 28.4. The number of hydrogen-bond donors (Lipinski definition) is 0. The predicted octanol–water partition coefficient (Wildman–Crippen LogP) is 4.31. The Morgan fingerprint density at radius 1 is 0.731 bits per heavy atom. The van der Waals surface area contributed by atoms with Crippen LogP contribution < -0.4 is 10.4 Å². The molecule has 1 nitrogen and oxygen atoms in total. The molecular weight excluding hydrogens is 332 g/mol. The van der Waals surface area contributed by atoms with Gasteiger partial charge in [-0.3, -0.25) is 0 Å². The average Bonchev–Trinajstić information content (AvgIpc) is 2.69. The fourth-order valence-electron chi connectivity index (χ4n) is 6.24. The van der Waals surface area contributed by atoms with Crippen LogP contribution in [-0.2, 0) is 4.43 Å². The Labute approximate surface area is 158 Å². The molecule has 6 rings (SSSR count). The Bertz CT molecular complexity index is 702. The zero-order valence-electron chi connectivity index (χ0n) is 15.4. The smallest absolute Gasteiger partial charge is 0.280 e. The summed E-state index contributed by atoms with van der Waals surface area (Å²) in [6, 6.07) is 21.8. The lowest BCUT2D eigenvalue weighted by atomic mass is 9.55. The maximum atomic E-state index is 7.26. The molecule has 26 heavy (non-hydrogen) atoms. The van der Waals surface area contributed by atoms with E-state index in [1.807, 2.05) is 0 Å². The average molecular weight is 361 g/mol. The second-order valence-corrected chi connectivity index (χ2v) is 12.0. The normalized spacial score (nSPS) is 32.5. The summed E-state index contributed by atoms with van der Waals surface area (Å²) in [5.41, 5.74) is 2.17. The number of hydrogen-bond acceptors (Lipinski definition) is 1. The first-order chi connectivity index (χ1) is 12.8. The van der Waals surface area contributed by atoms with E-state index in [2.05, 4.69) is 72.9 Å². The molecule has 4 aliphatic rings. The second-order valence-electron chi connectivity index (χ2n) is 8.69. The molecule has 0 spiro atoms. The van der Waals surface area contributed by atoms with Crippen molar-refractivity contribution in [1.29, 1.82) is 0 Å². The molecule has 0 aliphatic heterocycles. The quantitative estimate of drug-likeness (QED) is 0.722. The van der Waals surface area contributed by atoms with Crippen LogP contribution in [0, 0.1) is 23.7 Å². The van der Waals surface area contributed by atoms with Gasteiger partial charge in [0, 0.05) is 0 Å². The summed E-state index contributed by atoms with van der Waals surface area (Å²) in [6.45, 7) is 4.31. The van der Waals surface area contributed by atoms with Crippen molar-refractivity contribution >= 4 is 18.7 Å². The minimum Gasteiger partial charge on any atom is -0.401 e. The van der Waals surface area contributed by atoms with Crippen LogP contribution in [0.15, 0.2) is 72.9 Å². The van der Waals surface area contributed by atoms with Crippen molar-refractivity contribution in [3.63, 3.8) is 0 Å². The fourth-order valence-corrected chi connectivity index (χ4v) is 9.60. The summed E-state index contributed by atoms with van der Waals surface area (Å²) >= 11 is 0. The van der Waals surface area contributed by atoms with Crippen molar-refractivity contribution in [2.24, 2.45) is 23.7 Å². The Kier molecular flexibility index (Phi) is 4.14. The van der Waals surface area contributed by atoms with Crippen molar-refractivity contribution in [1.82, 2.24) is 0 Å². The zero-order chi connectivity index (χ0) is 17.6. The second kappa shape index (κ2) is 6.51. The van der Waals surface area contributed by atoms with Crippen LogP contribution in [0.5, 0.6) is 0 Å². The van der Waals surface area contributed by atoms with Crippen LogP contribution in [0.1, 0.15) is 32.1 Å². The first kappa shape index (κ1) is 16.5. The van der Waals surface area contributed by atoms with Crippen molar-refractivity contribution in [2.75, 3.05) is 0 Å². The lowest BCUT2D eigenvalue weighted by Gasteiger charge is -2.55. The molecule has 2 aromatic rings. The summed E-state index contributed by atoms with van der Waals surface area (Å²) in [6.07, 6.45) is 7.48. The van der Waals surface area contributed by atoms with Crippen LogP contribution in [-0.4, -0.2) is 14.4 Å². The van der Waals surface area contributed by atoms with Crippen LogP contribution in [0.3, 0.4) is 0 Å². The molecule has 0 radical (unpaired) electrons. The van der Waals surface area contributed by atoms with Gasteiger partial charge in [0.15, 0.2) is 0 Å². The molecule has 4 aliphatic carbocycles. The summed E-state index contributed by atoms with van der Waals surface area (Å²) in [4.78, 5) is 0. The number of benzene rings is 2. The maximum absolute atomic E-state index is 7.26. The molecule has 0 atom stereocenters. The Morgan fingerprint density at radius 2 is 1.19 bits per heavy atom. The summed E-state index contributed by atoms with van der Waals surface area (Å²) in [5.74, 6) is 3.49. The highest BCUT2D eigenvalue weighted by Crippen LogP contribution is 2.55. The Hall–Kier alpha value is -1.64. The van der Waals surface area contributed by atoms with Gasteiger partial charge in [-0.2, -0.15) is 0 Å². The Balaban J connectivity index is 1.56. The van der Waals surface area contributed by atoms with Crippen molar-refractivity contribution in [3.8, 4) is 0 Å². The summed E-state index contributed by atoms with van der Waals surface area (Å²) < 4.78 is 7.26. The zero-order valence-corrected chi connectivity index (χ0v) is 16.4. The molecule has 0 N–H and O–H groups in total. The molecule has 0 unspecified atom stereocenters. The molecule has 0 saturated heterocycles. The van der Waals surface area contributed by atoms with Gasteiger partial charge in [-0.05, 0) is 66.1 Å². The van der Waals surface area contributed by atoms with Crippen molar-refractivity contribution in [2.45, 2.75) is 38.2 Å².